The van der Waals surface area contributed by atoms with Crippen LogP contribution < -0.4 is 0 Å². The Morgan fingerprint density at radius 3 is 1.96 bits per heavy atom. The van der Waals surface area contributed by atoms with Crippen molar-refractivity contribution in [1.29, 1.82) is 0 Å². The second kappa shape index (κ2) is 12.3. The molecular formula is C22H39F3O2. The van der Waals surface area contributed by atoms with Gasteiger partial charge in [-0.2, -0.15) is 13.2 Å². The van der Waals surface area contributed by atoms with Crippen LogP contribution in [0.3, 0.4) is 0 Å². The summed E-state index contributed by atoms with van der Waals surface area (Å²) in [6, 6.07) is 0. The predicted molar refractivity (Wildman–Crippen MR) is 103 cm³/mol. The first kappa shape index (κ1) is 23.0. The molecule has 1 heterocycles. The van der Waals surface area contributed by atoms with Gasteiger partial charge in [0.15, 0.2) is 6.29 Å². The zero-order chi connectivity index (χ0) is 19.5. The highest BCUT2D eigenvalue weighted by Crippen LogP contribution is 2.36. The van der Waals surface area contributed by atoms with Crippen molar-refractivity contribution in [3.05, 3.63) is 0 Å². The van der Waals surface area contributed by atoms with Crippen molar-refractivity contribution in [3.8, 4) is 0 Å². The van der Waals surface area contributed by atoms with E-state index in [0.717, 1.165) is 5.92 Å². The lowest BCUT2D eigenvalue weighted by Gasteiger charge is -2.37. The van der Waals surface area contributed by atoms with Crippen LogP contribution in [-0.2, 0) is 9.47 Å². The van der Waals surface area contributed by atoms with Crippen LogP contribution in [0.5, 0.6) is 0 Å². The van der Waals surface area contributed by atoms with Gasteiger partial charge < -0.3 is 9.47 Å². The summed E-state index contributed by atoms with van der Waals surface area (Å²) in [5.74, 6) is 1.46. The molecule has 1 saturated heterocycles. The molecule has 2 nitrogen and oxygen atoms in total. The first-order valence-corrected chi connectivity index (χ1v) is 11.3. The van der Waals surface area contributed by atoms with Crippen LogP contribution in [0.4, 0.5) is 13.2 Å². The molecule has 0 spiro atoms. The molecule has 2 aliphatic rings. The van der Waals surface area contributed by atoms with Crippen molar-refractivity contribution in [2.75, 3.05) is 13.2 Å². The maximum absolute atomic E-state index is 12.2. The van der Waals surface area contributed by atoms with E-state index in [-0.39, 0.29) is 18.6 Å². The standard InChI is InChI=1S/C22H39F3O2/c1-2-3-4-5-6-7-9-18-11-13-20(14-12-18)21-26-16-19(17-27-21)10-8-15-22(23,24)25/h18-21H,2-17H2,1H3/t18-,19-,20-,21-. The minimum atomic E-state index is -4.05. The summed E-state index contributed by atoms with van der Waals surface area (Å²) in [7, 11) is 0. The van der Waals surface area contributed by atoms with Crippen LogP contribution in [-0.4, -0.2) is 25.7 Å². The number of hydrogen-bond acceptors (Lipinski definition) is 2. The second-order valence-electron chi connectivity index (χ2n) is 8.75. The predicted octanol–water partition coefficient (Wildman–Crippen LogP) is 7.27. The summed E-state index contributed by atoms with van der Waals surface area (Å²) in [6.07, 6.45) is 10.3. The molecule has 2 fully saturated rings. The van der Waals surface area contributed by atoms with Gasteiger partial charge in [-0.15, -0.1) is 0 Å². The highest BCUT2D eigenvalue weighted by atomic mass is 19.4. The Kier molecular flexibility index (Phi) is 10.5. The zero-order valence-electron chi connectivity index (χ0n) is 17.1. The molecule has 0 atom stereocenters. The van der Waals surface area contributed by atoms with Gasteiger partial charge in [0.2, 0.25) is 0 Å². The fraction of sp³-hybridized carbons (Fsp3) is 1.00. The molecule has 0 amide bonds. The summed E-state index contributed by atoms with van der Waals surface area (Å²) in [5, 5.41) is 0. The van der Waals surface area contributed by atoms with Crippen LogP contribution >= 0.6 is 0 Å². The van der Waals surface area contributed by atoms with Gasteiger partial charge in [0, 0.05) is 18.3 Å². The molecule has 160 valence electrons. The topological polar surface area (TPSA) is 18.5 Å². The molecule has 5 heteroatoms. The third-order valence-corrected chi connectivity index (χ3v) is 6.31. The molecule has 1 aliphatic heterocycles. The zero-order valence-corrected chi connectivity index (χ0v) is 17.1. The van der Waals surface area contributed by atoms with Gasteiger partial charge in [-0.3, -0.25) is 0 Å². The van der Waals surface area contributed by atoms with Crippen molar-refractivity contribution in [2.24, 2.45) is 17.8 Å². The average molecular weight is 393 g/mol. The molecule has 0 radical (unpaired) electrons. The smallest absolute Gasteiger partial charge is 0.352 e. The van der Waals surface area contributed by atoms with Crippen molar-refractivity contribution >= 4 is 0 Å². The molecule has 0 aromatic rings. The van der Waals surface area contributed by atoms with Gasteiger partial charge in [-0.25, -0.2) is 0 Å². The summed E-state index contributed by atoms with van der Waals surface area (Å²) < 4.78 is 48.5. The molecule has 0 N–H and O–H groups in total. The lowest BCUT2D eigenvalue weighted by atomic mass is 9.79. The van der Waals surface area contributed by atoms with E-state index in [4.69, 9.17) is 9.47 Å². The van der Waals surface area contributed by atoms with Gasteiger partial charge in [0.05, 0.1) is 13.2 Å². The van der Waals surface area contributed by atoms with Crippen molar-refractivity contribution in [3.63, 3.8) is 0 Å². The summed E-state index contributed by atoms with van der Waals surface area (Å²) >= 11 is 0. The first-order chi connectivity index (χ1) is 13.0. The maximum atomic E-state index is 12.2. The van der Waals surface area contributed by atoms with E-state index in [1.807, 2.05) is 0 Å². The quantitative estimate of drug-likeness (QED) is 0.344. The number of hydrogen-bond donors (Lipinski definition) is 0. The third kappa shape index (κ3) is 9.65. The van der Waals surface area contributed by atoms with Crippen LogP contribution in [0, 0.1) is 17.8 Å². The van der Waals surface area contributed by atoms with E-state index in [1.165, 1.54) is 70.6 Å². The third-order valence-electron chi connectivity index (χ3n) is 6.31. The Morgan fingerprint density at radius 1 is 0.741 bits per heavy atom. The van der Waals surface area contributed by atoms with Crippen LogP contribution in [0.1, 0.15) is 96.8 Å². The van der Waals surface area contributed by atoms with Gasteiger partial charge in [-0.1, -0.05) is 51.9 Å². The monoisotopic (exact) mass is 392 g/mol. The Hall–Kier alpha value is -0.290. The molecule has 27 heavy (non-hydrogen) atoms. The Balaban J connectivity index is 1.52. The van der Waals surface area contributed by atoms with E-state index >= 15 is 0 Å². The van der Waals surface area contributed by atoms with Gasteiger partial charge in [0.1, 0.15) is 0 Å². The minimum absolute atomic E-state index is 0.118. The number of halogens is 3. The average Bonchev–Trinajstić information content (AvgIpc) is 2.65. The van der Waals surface area contributed by atoms with E-state index in [2.05, 4.69) is 6.92 Å². The number of ether oxygens (including phenoxy) is 2. The minimum Gasteiger partial charge on any atom is -0.352 e. The van der Waals surface area contributed by atoms with Crippen molar-refractivity contribution < 1.29 is 22.6 Å². The number of alkyl halides is 3. The lowest BCUT2D eigenvalue weighted by Crippen LogP contribution is -2.38. The van der Waals surface area contributed by atoms with Crippen molar-refractivity contribution in [1.82, 2.24) is 0 Å². The van der Waals surface area contributed by atoms with Crippen LogP contribution in [0.25, 0.3) is 0 Å². The fourth-order valence-electron chi connectivity index (χ4n) is 4.55. The normalized spacial score (nSPS) is 29.8. The van der Waals surface area contributed by atoms with Gasteiger partial charge in [0.25, 0.3) is 0 Å². The lowest BCUT2D eigenvalue weighted by molar-refractivity contribution is -0.230. The van der Waals surface area contributed by atoms with Gasteiger partial charge >= 0.3 is 6.18 Å². The van der Waals surface area contributed by atoms with E-state index < -0.39 is 12.6 Å². The van der Waals surface area contributed by atoms with E-state index in [9.17, 15) is 13.2 Å². The van der Waals surface area contributed by atoms with E-state index in [1.54, 1.807) is 0 Å². The van der Waals surface area contributed by atoms with Crippen LogP contribution in [0.15, 0.2) is 0 Å². The van der Waals surface area contributed by atoms with Crippen molar-refractivity contribution in [2.45, 2.75) is 109 Å². The summed E-state index contributed by atoms with van der Waals surface area (Å²) in [5.41, 5.74) is 0. The van der Waals surface area contributed by atoms with Crippen LogP contribution in [0.2, 0.25) is 0 Å². The highest BCUT2D eigenvalue weighted by Gasteiger charge is 2.33. The highest BCUT2D eigenvalue weighted by molar-refractivity contribution is 4.77. The Bertz CT molecular complexity index is 370. The summed E-state index contributed by atoms with van der Waals surface area (Å²) in [4.78, 5) is 0. The molecule has 1 saturated carbocycles. The molecular weight excluding hydrogens is 353 g/mol. The molecule has 0 bridgehead atoms. The molecule has 0 unspecified atom stereocenters. The molecule has 1 aliphatic carbocycles. The first-order valence-electron chi connectivity index (χ1n) is 11.3. The molecule has 0 aromatic carbocycles. The second-order valence-corrected chi connectivity index (χ2v) is 8.75. The number of unbranched alkanes of at least 4 members (excludes halogenated alkanes) is 5. The number of rotatable bonds is 11. The van der Waals surface area contributed by atoms with E-state index in [0.29, 0.717) is 25.6 Å². The SMILES string of the molecule is CCCCCCCC[C@H]1CC[C@H]([C@H]2OC[C@H](CCCC(F)(F)F)CO2)CC1. The Morgan fingerprint density at radius 2 is 1.33 bits per heavy atom. The molecule has 0 aromatic heterocycles. The Labute approximate surface area is 163 Å². The maximum Gasteiger partial charge on any atom is 0.389 e. The van der Waals surface area contributed by atoms with Gasteiger partial charge in [-0.05, 0) is 44.4 Å². The largest absolute Gasteiger partial charge is 0.389 e. The fourth-order valence-corrected chi connectivity index (χ4v) is 4.55. The molecule has 2 rings (SSSR count). The summed E-state index contributed by atoms with van der Waals surface area (Å²) in [6.45, 7) is 3.37.